The monoisotopic (exact) mass is 791 g/mol. The summed E-state index contributed by atoms with van der Waals surface area (Å²) in [7, 11) is 0. The number of ether oxygens (including phenoxy) is 2. The number of aromatic nitrogens is 1. The molecule has 2 heterocycles. The summed E-state index contributed by atoms with van der Waals surface area (Å²) in [6.07, 6.45) is 1.68. The van der Waals surface area contributed by atoms with E-state index in [1.165, 1.54) is 28.8 Å². The first-order valence-corrected chi connectivity index (χ1v) is 16.9. The molecule has 1 atom stereocenters. The zero-order valence-corrected chi connectivity index (χ0v) is 29.1. The summed E-state index contributed by atoms with van der Waals surface area (Å²) in [4.78, 5) is 43.7. The minimum atomic E-state index is -0.953. The van der Waals surface area contributed by atoms with Crippen molar-refractivity contribution in [2.75, 3.05) is 6.61 Å². The van der Waals surface area contributed by atoms with E-state index in [1.54, 1.807) is 49.4 Å². The van der Waals surface area contributed by atoms with Crippen LogP contribution in [0.25, 0.3) is 11.8 Å². The highest BCUT2D eigenvalue weighted by Gasteiger charge is 2.35. The Morgan fingerprint density at radius 1 is 1.06 bits per heavy atom. The molecule has 0 unspecified atom stereocenters. The van der Waals surface area contributed by atoms with Gasteiger partial charge in [0, 0.05) is 27.7 Å². The summed E-state index contributed by atoms with van der Waals surface area (Å²) in [6.45, 7) is 1.90. The van der Waals surface area contributed by atoms with Crippen molar-refractivity contribution in [1.29, 1.82) is 0 Å². The minimum absolute atomic E-state index is 0.0277. The highest BCUT2D eigenvalue weighted by atomic mass is 79.9. The number of nitro benzene ring substituents is 1. The standard InChI is InChI=1S/C35H24Br2FN3O6S/c1-2-46-34(43)29-30(21-6-4-3-5-7-21)39-35-40(31(29)22-10-12-25(38)13-11-22)33(42)28(48-35)17-23-16-24(36)18-27(37)32(23)47-19-20-8-14-26(15-9-20)41(44)45/h3-18,31H,2,19H2,1H3/b28-17-/t31-/m1/s1. The maximum atomic E-state index is 14.3. The first kappa shape index (κ1) is 33.2. The van der Waals surface area contributed by atoms with E-state index in [-0.39, 0.29) is 24.5 Å². The normalized spacial score (nSPS) is 14.3. The van der Waals surface area contributed by atoms with Gasteiger partial charge < -0.3 is 9.47 Å². The molecule has 0 N–H and O–H groups in total. The van der Waals surface area contributed by atoms with Gasteiger partial charge in [-0.25, -0.2) is 14.2 Å². The highest BCUT2D eigenvalue weighted by Crippen LogP contribution is 2.36. The van der Waals surface area contributed by atoms with Crippen molar-refractivity contribution in [3.05, 3.63) is 163 Å². The quantitative estimate of drug-likeness (QED) is 0.0896. The number of carbonyl (C=O) groups excluding carboxylic acids is 1. The van der Waals surface area contributed by atoms with Crippen LogP contribution in [0.3, 0.4) is 0 Å². The van der Waals surface area contributed by atoms with Gasteiger partial charge in [-0.3, -0.25) is 19.5 Å². The number of fused-ring (bicyclic) bond motifs is 1. The van der Waals surface area contributed by atoms with Crippen molar-refractivity contribution in [3.63, 3.8) is 0 Å². The van der Waals surface area contributed by atoms with Crippen LogP contribution >= 0.6 is 43.2 Å². The molecular formula is C35H24Br2FN3O6S. The fourth-order valence-electron chi connectivity index (χ4n) is 5.25. The number of halogens is 3. The van der Waals surface area contributed by atoms with Crippen LogP contribution in [0.4, 0.5) is 10.1 Å². The molecule has 0 aliphatic carbocycles. The molecule has 0 bridgehead atoms. The molecular weight excluding hydrogens is 769 g/mol. The molecule has 0 fully saturated rings. The van der Waals surface area contributed by atoms with Gasteiger partial charge in [-0.2, -0.15) is 0 Å². The number of non-ortho nitro benzene ring substituents is 1. The van der Waals surface area contributed by atoms with Crippen LogP contribution in [-0.4, -0.2) is 22.1 Å². The first-order chi connectivity index (χ1) is 23.1. The average Bonchev–Trinajstić information content (AvgIpc) is 3.38. The fraction of sp³-hybridized carbons (Fsp3) is 0.114. The van der Waals surface area contributed by atoms with Gasteiger partial charge in [0.1, 0.15) is 18.2 Å². The number of thiazole rings is 1. The van der Waals surface area contributed by atoms with Gasteiger partial charge in [0.2, 0.25) is 0 Å². The average molecular weight is 793 g/mol. The lowest BCUT2D eigenvalue weighted by molar-refractivity contribution is -0.384. The highest BCUT2D eigenvalue weighted by molar-refractivity contribution is 9.11. The Hall–Kier alpha value is -4.72. The molecule has 48 heavy (non-hydrogen) atoms. The first-order valence-electron chi connectivity index (χ1n) is 14.5. The van der Waals surface area contributed by atoms with Crippen LogP contribution in [0, 0.1) is 15.9 Å². The lowest BCUT2D eigenvalue weighted by Gasteiger charge is -2.25. The van der Waals surface area contributed by atoms with E-state index in [1.807, 2.05) is 30.3 Å². The topological polar surface area (TPSA) is 113 Å². The number of hydrogen-bond acceptors (Lipinski definition) is 8. The van der Waals surface area contributed by atoms with Crippen molar-refractivity contribution in [2.24, 2.45) is 4.99 Å². The molecule has 4 aromatic carbocycles. The van der Waals surface area contributed by atoms with Crippen LogP contribution in [0.5, 0.6) is 5.75 Å². The van der Waals surface area contributed by atoms with Crippen LogP contribution in [-0.2, 0) is 16.1 Å². The molecule has 13 heteroatoms. The van der Waals surface area contributed by atoms with Gasteiger partial charge in [0.25, 0.3) is 11.2 Å². The Balaban J connectivity index is 1.52. The molecule has 9 nitrogen and oxygen atoms in total. The predicted octanol–water partition coefficient (Wildman–Crippen LogP) is 7.09. The van der Waals surface area contributed by atoms with Crippen molar-refractivity contribution >= 4 is 66.6 Å². The molecule has 0 amide bonds. The molecule has 1 aliphatic rings. The molecule has 1 aromatic heterocycles. The Kier molecular flexibility index (Phi) is 9.81. The van der Waals surface area contributed by atoms with Gasteiger partial charge in [-0.15, -0.1) is 0 Å². The van der Waals surface area contributed by atoms with Crippen molar-refractivity contribution in [1.82, 2.24) is 4.57 Å². The molecule has 5 aromatic rings. The smallest absolute Gasteiger partial charge is 0.338 e. The molecule has 0 radical (unpaired) electrons. The summed E-state index contributed by atoms with van der Waals surface area (Å²) in [5, 5.41) is 11.1. The van der Waals surface area contributed by atoms with E-state index in [0.717, 1.165) is 15.8 Å². The number of carbonyl (C=O) groups is 1. The molecule has 1 aliphatic heterocycles. The van der Waals surface area contributed by atoms with Crippen molar-refractivity contribution in [3.8, 4) is 5.75 Å². The SMILES string of the molecule is CCOC(=O)C1=C(c2ccccc2)N=c2s/c(=C\c3cc(Br)cc(Br)c3OCc3ccc([N+](=O)[O-])cc3)c(=O)n2[C@@H]1c1ccc(F)cc1. The molecule has 0 saturated heterocycles. The molecule has 0 spiro atoms. The minimum Gasteiger partial charge on any atom is -0.487 e. The number of nitrogens with zero attached hydrogens (tertiary/aromatic N) is 3. The third-order valence-corrected chi connectivity index (χ3v) is 9.44. The van der Waals surface area contributed by atoms with Gasteiger partial charge in [0.05, 0.1) is 37.8 Å². The Morgan fingerprint density at radius 3 is 2.44 bits per heavy atom. The third-order valence-electron chi connectivity index (χ3n) is 7.41. The Labute approximate surface area is 293 Å². The van der Waals surface area contributed by atoms with Crippen LogP contribution in [0.1, 0.15) is 35.2 Å². The maximum Gasteiger partial charge on any atom is 0.338 e. The van der Waals surface area contributed by atoms with Crippen molar-refractivity contribution < 1.29 is 23.6 Å². The summed E-state index contributed by atoms with van der Waals surface area (Å²) in [5.74, 6) is -0.659. The van der Waals surface area contributed by atoms with Gasteiger partial charge in [0.15, 0.2) is 4.80 Å². The second-order valence-electron chi connectivity index (χ2n) is 10.5. The van der Waals surface area contributed by atoms with E-state index >= 15 is 0 Å². The number of esters is 1. The number of rotatable bonds is 9. The fourth-order valence-corrected chi connectivity index (χ4v) is 7.62. The Bertz CT molecular complexity index is 2250. The summed E-state index contributed by atoms with van der Waals surface area (Å²) < 4.78 is 28.8. The van der Waals surface area contributed by atoms with Crippen molar-refractivity contribution in [2.45, 2.75) is 19.6 Å². The van der Waals surface area contributed by atoms with E-state index in [0.29, 0.717) is 47.5 Å². The van der Waals surface area contributed by atoms with Gasteiger partial charge in [-0.05, 0) is 76.5 Å². The second kappa shape index (κ2) is 14.2. The van der Waals surface area contributed by atoms with E-state index in [4.69, 9.17) is 14.5 Å². The zero-order valence-electron chi connectivity index (χ0n) is 25.1. The molecule has 0 saturated carbocycles. The Morgan fingerprint density at radius 2 is 1.77 bits per heavy atom. The third kappa shape index (κ3) is 6.80. The number of hydrogen-bond donors (Lipinski definition) is 0. The lowest BCUT2D eigenvalue weighted by atomic mass is 9.93. The lowest BCUT2D eigenvalue weighted by Crippen LogP contribution is -2.40. The van der Waals surface area contributed by atoms with Crippen LogP contribution < -0.4 is 19.6 Å². The maximum absolute atomic E-state index is 14.3. The second-order valence-corrected chi connectivity index (χ2v) is 13.3. The summed E-state index contributed by atoms with van der Waals surface area (Å²) in [5.41, 5.74) is 2.50. The van der Waals surface area contributed by atoms with Crippen LogP contribution in [0.2, 0.25) is 0 Å². The summed E-state index contributed by atoms with van der Waals surface area (Å²) in [6, 6.07) is 23.5. The molecule has 6 rings (SSSR count). The summed E-state index contributed by atoms with van der Waals surface area (Å²) >= 11 is 8.21. The predicted molar refractivity (Wildman–Crippen MR) is 187 cm³/mol. The number of nitro groups is 1. The van der Waals surface area contributed by atoms with E-state index in [2.05, 4.69) is 31.9 Å². The largest absolute Gasteiger partial charge is 0.487 e. The van der Waals surface area contributed by atoms with Gasteiger partial charge in [-0.1, -0.05) is 69.7 Å². The van der Waals surface area contributed by atoms with E-state index < -0.39 is 28.3 Å². The van der Waals surface area contributed by atoms with E-state index in [9.17, 15) is 24.1 Å². The number of benzene rings is 4. The van der Waals surface area contributed by atoms with Crippen LogP contribution in [0.15, 0.2) is 115 Å². The zero-order chi connectivity index (χ0) is 33.9. The molecule has 242 valence electrons. The van der Waals surface area contributed by atoms with Gasteiger partial charge >= 0.3 is 5.97 Å².